The Morgan fingerprint density at radius 1 is 1.89 bits per heavy atom. The van der Waals surface area contributed by atoms with Gasteiger partial charge in [0, 0.05) is 0 Å². The molecule has 0 aliphatic heterocycles. The Kier molecular flexibility index (Phi) is 3.83. The second-order valence-corrected chi connectivity index (χ2v) is 1.97. The minimum Gasteiger partial charge on any atom is -0.389 e. The molecule has 0 aromatic heterocycles. The van der Waals surface area contributed by atoms with Crippen LogP contribution >= 0.6 is 0 Å². The predicted octanol–water partition coefficient (Wildman–Crippen LogP) is 1.34. The Bertz CT molecular complexity index is 139. The van der Waals surface area contributed by atoms with Crippen molar-refractivity contribution >= 4 is 0 Å². The van der Waals surface area contributed by atoms with Gasteiger partial charge in [0.15, 0.2) is 0 Å². The summed E-state index contributed by atoms with van der Waals surface area (Å²) >= 11 is 0. The standard InChI is InChI=1S/C8H12O/c1-4-7(3)6-8(9)5-2/h1,6,8-9H,5H2,2-3H3/b7-6+. The lowest BCUT2D eigenvalue weighted by Crippen LogP contribution is -1.99. The predicted molar refractivity (Wildman–Crippen MR) is 38.9 cm³/mol. The van der Waals surface area contributed by atoms with Crippen molar-refractivity contribution < 1.29 is 5.11 Å². The highest BCUT2D eigenvalue weighted by Gasteiger charge is 1.92. The first-order valence-corrected chi connectivity index (χ1v) is 3.03. The minimum absolute atomic E-state index is 0.374. The zero-order valence-corrected chi connectivity index (χ0v) is 5.89. The molecule has 0 saturated heterocycles. The van der Waals surface area contributed by atoms with E-state index in [0.29, 0.717) is 0 Å². The highest BCUT2D eigenvalue weighted by molar-refractivity contribution is 5.23. The third-order valence-electron chi connectivity index (χ3n) is 1.09. The summed E-state index contributed by atoms with van der Waals surface area (Å²) < 4.78 is 0. The third-order valence-corrected chi connectivity index (χ3v) is 1.09. The van der Waals surface area contributed by atoms with Gasteiger partial charge in [0.25, 0.3) is 0 Å². The van der Waals surface area contributed by atoms with E-state index in [2.05, 4.69) is 5.92 Å². The first kappa shape index (κ1) is 8.26. The van der Waals surface area contributed by atoms with Crippen molar-refractivity contribution in [3.8, 4) is 12.3 Å². The summed E-state index contributed by atoms with van der Waals surface area (Å²) in [5, 5.41) is 8.99. The maximum atomic E-state index is 8.99. The van der Waals surface area contributed by atoms with Gasteiger partial charge in [-0.25, -0.2) is 0 Å². The van der Waals surface area contributed by atoms with Crippen molar-refractivity contribution in [1.82, 2.24) is 0 Å². The maximum Gasteiger partial charge on any atom is 0.0730 e. The third kappa shape index (κ3) is 3.81. The molecule has 0 fully saturated rings. The van der Waals surface area contributed by atoms with Crippen LogP contribution in [0.4, 0.5) is 0 Å². The van der Waals surface area contributed by atoms with E-state index in [-0.39, 0.29) is 6.10 Å². The molecule has 0 bridgehead atoms. The van der Waals surface area contributed by atoms with Gasteiger partial charge in [-0.15, -0.1) is 6.42 Å². The number of aliphatic hydroxyl groups excluding tert-OH is 1. The van der Waals surface area contributed by atoms with Gasteiger partial charge >= 0.3 is 0 Å². The van der Waals surface area contributed by atoms with Gasteiger partial charge in [0.05, 0.1) is 6.10 Å². The molecule has 1 atom stereocenters. The molecule has 1 nitrogen and oxygen atoms in total. The number of rotatable bonds is 2. The molecule has 0 aliphatic rings. The zero-order chi connectivity index (χ0) is 7.28. The lowest BCUT2D eigenvalue weighted by molar-refractivity contribution is 0.218. The smallest absolute Gasteiger partial charge is 0.0730 e. The summed E-state index contributed by atoms with van der Waals surface area (Å²) in [5.74, 6) is 2.43. The molecule has 1 N–H and O–H groups in total. The van der Waals surface area contributed by atoms with E-state index >= 15 is 0 Å². The maximum absolute atomic E-state index is 8.99. The van der Waals surface area contributed by atoms with Crippen LogP contribution in [-0.4, -0.2) is 11.2 Å². The Labute approximate surface area is 56.4 Å². The Hall–Kier alpha value is -0.740. The molecule has 50 valence electrons. The Morgan fingerprint density at radius 3 is 2.78 bits per heavy atom. The van der Waals surface area contributed by atoms with Gasteiger partial charge in [-0.2, -0.15) is 0 Å². The van der Waals surface area contributed by atoms with E-state index in [1.165, 1.54) is 0 Å². The second-order valence-electron chi connectivity index (χ2n) is 1.97. The zero-order valence-electron chi connectivity index (χ0n) is 5.89. The lowest BCUT2D eigenvalue weighted by Gasteiger charge is -1.98. The van der Waals surface area contributed by atoms with Gasteiger partial charge in [0.1, 0.15) is 0 Å². The largest absolute Gasteiger partial charge is 0.389 e. The molecule has 0 aromatic carbocycles. The molecule has 0 saturated carbocycles. The van der Waals surface area contributed by atoms with E-state index < -0.39 is 0 Å². The SMILES string of the molecule is C#C/C(C)=C/C(O)CC. The molecule has 0 aromatic rings. The van der Waals surface area contributed by atoms with Crippen molar-refractivity contribution in [3.63, 3.8) is 0 Å². The topological polar surface area (TPSA) is 20.2 Å². The minimum atomic E-state index is -0.374. The first-order chi connectivity index (χ1) is 4.20. The van der Waals surface area contributed by atoms with Crippen LogP contribution in [0.3, 0.4) is 0 Å². The molecule has 0 radical (unpaired) electrons. The highest BCUT2D eigenvalue weighted by Crippen LogP contribution is 1.96. The molecule has 0 rings (SSSR count). The quantitative estimate of drug-likeness (QED) is 0.551. The average molecular weight is 124 g/mol. The molecule has 9 heavy (non-hydrogen) atoms. The van der Waals surface area contributed by atoms with Crippen LogP contribution in [0.2, 0.25) is 0 Å². The van der Waals surface area contributed by atoms with E-state index in [1.54, 1.807) is 13.0 Å². The van der Waals surface area contributed by atoms with Gasteiger partial charge in [-0.3, -0.25) is 0 Å². The lowest BCUT2D eigenvalue weighted by atomic mass is 10.2. The van der Waals surface area contributed by atoms with E-state index in [9.17, 15) is 0 Å². The van der Waals surface area contributed by atoms with Crippen molar-refractivity contribution in [2.24, 2.45) is 0 Å². The normalized spacial score (nSPS) is 14.7. The molecule has 1 heteroatoms. The van der Waals surface area contributed by atoms with Crippen LogP contribution in [-0.2, 0) is 0 Å². The summed E-state index contributed by atoms with van der Waals surface area (Å²) in [5.41, 5.74) is 0.796. The van der Waals surface area contributed by atoms with Crippen LogP contribution < -0.4 is 0 Å². The van der Waals surface area contributed by atoms with Crippen LogP contribution in [0.15, 0.2) is 11.6 Å². The summed E-state index contributed by atoms with van der Waals surface area (Å²) in [6.07, 6.45) is 7.07. The molecular formula is C8H12O. The fourth-order valence-electron chi connectivity index (χ4n) is 0.455. The number of allylic oxidation sites excluding steroid dienone is 1. The van der Waals surface area contributed by atoms with Crippen LogP contribution in [0, 0.1) is 12.3 Å². The number of hydrogen-bond donors (Lipinski definition) is 1. The van der Waals surface area contributed by atoms with Crippen LogP contribution in [0.25, 0.3) is 0 Å². The second kappa shape index (κ2) is 4.17. The van der Waals surface area contributed by atoms with Gasteiger partial charge in [-0.05, 0) is 25.0 Å². The molecular weight excluding hydrogens is 112 g/mol. The van der Waals surface area contributed by atoms with Crippen molar-refractivity contribution in [2.45, 2.75) is 26.4 Å². The van der Waals surface area contributed by atoms with Gasteiger partial charge in [-0.1, -0.05) is 12.8 Å². The van der Waals surface area contributed by atoms with Crippen molar-refractivity contribution in [1.29, 1.82) is 0 Å². The van der Waals surface area contributed by atoms with Gasteiger partial charge in [0.2, 0.25) is 0 Å². The van der Waals surface area contributed by atoms with E-state index in [1.807, 2.05) is 6.92 Å². The van der Waals surface area contributed by atoms with Crippen molar-refractivity contribution in [2.75, 3.05) is 0 Å². The number of terminal acetylenes is 1. The van der Waals surface area contributed by atoms with E-state index in [0.717, 1.165) is 12.0 Å². The van der Waals surface area contributed by atoms with Crippen LogP contribution in [0.1, 0.15) is 20.3 Å². The first-order valence-electron chi connectivity index (χ1n) is 3.03. The summed E-state index contributed by atoms with van der Waals surface area (Å²) in [6, 6.07) is 0. The molecule has 0 spiro atoms. The van der Waals surface area contributed by atoms with Crippen LogP contribution in [0.5, 0.6) is 0 Å². The fraction of sp³-hybridized carbons (Fsp3) is 0.500. The summed E-state index contributed by atoms with van der Waals surface area (Å²) in [7, 11) is 0. The van der Waals surface area contributed by atoms with E-state index in [4.69, 9.17) is 11.5 Å². The molecule has 1 unspecified atom stereocenters. The molecule has 0 aliphatic carbocycles. The highest BCUT2D eigenvalue weighted by atomic mass is 16.3. The van der Waals surface area contributed by atoms with Crippen molar-refractivity contribution in [3.05, 3.63) is 11.6 Å². The summed E-state index contributed by atoms with van der Waals surface area (Å²) in [6.45, 7) is 3.71. The summed E-state index contributed by atoms with van der Waals surface area (Å²) in [4.78, 5) is 0. The average Bonchev–Trinajstić information content (AvgIpc) is 1.87. The number of aliphatic hydroxyl groups is 1. The Balaban J connectivity index is 3.83. The number of hydrogen-bond acceptors (Lipinski definition) is 1. The molecule has 0 amide bonds. The Morgan fingerprint density at radius 2 is 2.44 bits per heavy atom. The van der Waals surface area contributed by atoms with Gasteiger partial charge < -0.3 is 5.11 Å². The fourth-order valence-corrected chi connectivity index (χ4v) is 0.455. The monoisotopic (exact) mass is 124 g/mol. The molecule has 0 heterocycles.